The Labute approximate surface area is 79.3 Å². The quantitative estimate of drug-likeness (QED) is 0.403. The van der Waals surface area contributed by atoms with Gasteiger partial charge in [0, 0.05) is 5.70 Å². The molecule has 0 aromatic rings. The molecule has 0 amide bonds. The highest BCUT2D eigenvalue weighted by molar-refractivity contribution is 5.91. The van der Waals surface area contributed by atoms with E-state index in [9.17, 15) is 4.79 Å². The lowest BCUT2D eigenvalue weighted by molar-refractivity contribution is -0.149. The Morgan fingerprint density at radius 2 is 1.92 bits per heavy atom. The summed E-state index contributed by atoms with van der Waals surface area (Å²) < 4.78 is 5.06. The van der Waals surface area contributed by atoms with Crippen LogP contribution in [0, 0.1) is 0 Å². The second-order valence-corrected chi connectivity index (χ2v) is 3.92. The average Bonchev–Trinajstić information content (AvgIpc) is 1.81. The first-order chi connectivity index (χ1) is 5.72. The largest absolute Gasteiger partial charge is 0.456 e. The summed E-state index contributed by atoms with van der Waals surface area (Å²) in [6.45, 7) is 10.6. The normalized spacial score (nSPS) is 12.5. The lowest BCUT2D eigenvalue weighted by Gasteiger charge is -2.19. The van der Waals surface area contributed by atoms with Crippen molar-refractivity contribution in [3.63, 3.8) is 0 Å². The van der Waals surface area contributed by atoms with Gasteiger partial charge >= 0.3 is 5.97 Å². The second-order valence-electron chi connectivity index (χ2n) is 3.92. The smallest absolute Gasteiger partial charge is 0.338 e. The Hall–Kier alpha value is -1.25. The van der Waals surface area contributed by atoms with Gasteiger partial charge < -0.3 is 10.5 Å². The van der Waals surface area contributed by atoms with Crippen LogP contribution >= 0.6 is 0 Å². The van der Waals surface area contributed by atoms with Crippen LogP contribution in [0.4, 0.5) is 0 Å². The highest BCUT2D eigenvalue weighted by Crippen LogP contribution is 2.10. The fraction of sp³-hybridized carbons (Fsp3) is 0.500. The van der Waals surface area contributed by atoms with Crippen LogP contribution in [0.3, 0.4) is 0 Å². The van der Waals surface area contributed by atoms with Crippen molar-refractivity contribution < 1.29 is 9.53 Å². The Morgan fingerprint density at radius 1 is 1.46 bits per heavy atom. The molecule has 0 aromatic heterocycles. The standard InChI is InChI=1S/C10H17NO2/c1-7(6-8(2)11)9(12)13-10(3,4)5/h6H,1,11H2,2-5H3/b8-6+. The molecule has 0 unspecified atom stereocenters. The summed E-state index contributed by atoms with van der Waals surface area (Å²) >= 11 is 0. The summed E-state index contributed by atoms with van der Waals surface area (Å²) in [7, 11) is 0. The molecule has 0 aliphatic rings. The minimum atomic E-state index is -0.490. The second kappa shape index (κ2) is 4.12. The molecule has 0 rings (SSSR count). The van der Waals surface area contributed by atoms with E-state index in [-0.39, 0.29) is 5.57 Å². The molecular formula is C10H17NO2. The maximum atomic E-state index is 11.3. The van der Waals surface area contributed by atoms with E-state index in [1.165, 1.54) is 6.08 Å². The first-order valence-corrected chi connectivity index (χ1v) is 4.08. The number of rotatable bonds is 2. The fourth-order valence-corrected chi connectivity index (χ4v) is 0.677. The predicted octanol–water partition coefficient (Wildman–Crippen LogP) is 1.75. The molecule has 0 aliphatic carbocycles. The van der Waals surface area contributed by atoms with Crippen molar-refractivity contribution >= 4 is 5.97 Å². The number of esters is 1. The number of allylic oxidation sites excluding steroid dienone is 1. The van der Waals surface area contributed by atoms with Crippen LogP contribution < -0.4 is 5.73 Å². The minimum Gasteiger partial charge on any atom is -0.456 e. The van der Waals surface area contributed by atoms with E-state index in [2.05, 4.69) is 6.58 Å². The Morgan fingerprint density at radius 3 is 2.23 bits per heavy atom. The van der Waals surface area contributed by atoms with E-state index in [1.807, 2.05) is 0 Å². The molecule has 0 heterocycles. The van der Waals surface area contributed by atoms with Gasteiger partial charge in [-0.3, -0.25) is 0 Å². The van der Waals surface area contributed by atoms with E-state index in [4.69, 9.17) is 10.5 Å². The topological polar surface area (TPSA) is 52.3 Å². The average molecular weight is 183 g/mol. The molecule has 0 saturated carbocycles. The van der Waals surface area contributed by atoms with Gasteiger partial charge in [0.1, 0.15) is 5.60 Å². The van der Waals surface area contributed by atoms with Crippen LogP contribution in [0.2, 0.25) is 0 Å². The van der Waals surface area contributed by atoms with E-state index in [0.29, 0.717) is 5.70 Å². The van der Waals surface area contributed by atoms with Gasteiger partial charge in [0.15, 0.2) is 0 Å². The highest BCUT2D eigenvalue weighted by atomic mass is 16.6. The molecule has 3 nitrogen and oxygen atoms in total. The first kappa shape index (κ1) is 11.8. The molecule has 0 saturated heterocycles. The lowest BCUT2D eigenvalue weighted by atomic mass is 10.2. The van der Waals surface area contributed by atoms with E-state index < -0.39 is 11.6 Å². The van der Waals surface area contributed by atoms with E-state index in [1.54, 1.807) is 27.7 Å². The predicted molar refractivity (Wildman–Crippen MR) is 52.9 cm³/mol. The molecule has 0 bridgehead atoms. The summed E-state index contributed by atoms with van der Waals surface area (Å²) in [6, 6.07) is 0. The Balaban J connectivity index is 4.30. The van der Waals surface area contributed by atoms with E-state index >= 15 is 0 Å². The molecule has 74 valence electrons. The monoisotopic (exact) mass is 183 g/mol. The zero-order valence-electron chi connectivity index (χ0n) is 8.68. The van der Waals surface area contributed by atoms with Crippen molar-refractivity contribution in [1.29, 1.82) is 0 Å². The molecule has 2 N–H and O–H groups in total. The SMILES string of the molecule is C=C(/C=C(\C)N)C(=O)OC(C)(C)C. The number of hydrogen-bond donors (Lipinski definition) is 1. The van der Waals surface area contributed by atoms with Gasteiger partial charge in [-0.25, -0.2) is 4.79 Å². The van der Waals surface area contributed by atoms with E-state index in [0.717, 1.165) is 0 Å². The van der Waals surface area contributed by atoms with Gasteiger partial charge in [-0.05, 0) is 33.8 Å². The number of carbonyl (C=O) groups excluding carboxylic acids is 1. The summed E-state index contributed by atoms with van der Waals surface area (Å²) in [5.41, 5.74) is 5.71. The van der Waals surface area contributed by atoms with Gasteiger partial charge in [0.05, 0.1) is 5.57 Å². The molecule has 0 aliphatic heterocycles. The summed E-state index contributed by atoms with van der Waals surface area (Å²) in [5, 5.41) is 0. The van der Waals surface area contributed by atoms with Gasteiger partial charge in [-0.2, -0.15) is 0 Å². The van der Waals surface area contributed by atoms with Crippen LogP contribution in [0.5, 0.6) is 0 Å². The van der Waals surface area contributed by atoms with Gasteiger partial charge in [0.25, 0.3) is 0 Å². The van der Waals surface area contributed by atoms with Crippen molar-refractivity contribution in [2.24, 2.45) is 5.73 Å². The molecule has 0 spiro atoms. The van der Waals surface area contributed by atoms with Crippen molar-refractivity contribution in [2.75, 3.05) is 0 Å². The third-order valence-corrected chi connectivity index (χ3v) is 1.06. The van der Waals surface area contributed by atoms with Crippen molar-refractivity contribution in [2.45, 2.75) is 33.3 Å². The van der Waals surface area contributed by atoms with Gasteiger partial charge in [-0.1, -0.05) is 6.58 Å². The van der Waals surface area contributed by atoms with Crippen LogP contribution in [0.15, 0.2) is 23.9 Å². The molecule has 0 fully saturated rings. The van der Waals surface area contributed by atoms with Gasteiger partial charge in [-0.15, -0.1) is 0 Å². The first-order valence-electron chi connectivity index (χ1n) is 4.08. The zero-order valence-corrected chi connectivity index (χ0v) is 8.68. The van der Waals surface area contributed by atoms with Crippen LogP contribution in [-0.4, -0.2) is 11.6 Å². The number of hydrogen-bond acceptors (Lipinski definition) is 3. The molecule has 0 aromatic carbocycles. The molecule has 0 atom stereocenters. The number of nitrogens with two attached hydrogens (primary N) is 1. The summed E-state index contributed by atoms with van der Waals surface area (Å²) in [4.78, 5) is 11.3. The third kappa shape index (κ3) is 5.96. The maximum Gasteiger partial charge on any atom is 0.338 e. The molecule has 13 heavy (non-hydrogen) atoms. The van der Waals surface area contributed by atoms with Gasteiger partial charge in [0.2, 0.25) is 0 Å². The molecule has 3 heteroatoms. The van der Waals surface area contributed by atoms with Crippen LogP contribution in [0.25, 0.3) is 0 Å². The number of ether oxygens (including phenoxy) is 1. The van der Waals surface area contributed by atoms with Crippen molar-refractivity contribution in [3.8, 4) is 0 Å². The van der Waals surface area contributed by atoms with Crippen molar-refractivity contribution in [1.82, 2.24) is 0 Å². The highest BCUT2D eigenvalue weighted by Gasteiger charge is 2.17. The van der Waals surface area contributed by atoms with Crippen molar-refractivity contribution in [3.05, 3.63) is 23.9 Å². The maximum absolute atomic E-state index is 11.3. The Kier molecular flexibility index (Phi) is 3.72. The molecular weight excluding hydrogens is 166 g/mol. The Bertz CT molecular complexity index is 242. The zero-order chi connectivity index (χ0) is 10.6. The van der Waals surface area contributed by atoms with Crippen LogP contribution in [0.1, 0.15) is 27.7 Å². The van der Waals surface area contributed by atoms with Crippen LogP contribution in [-0.2, 0) is 9.53 Å². The summed E-state index contributed by atoms with van der Waals surface area (Å²) in [6.07, 6.45) is 1.49. The number of carbonyl (C=O) groups is 1. The minimum absolute atomic E-state index is 0.273. The fourth-order valence-electron chi connectivity index (χ4n) is 0.677. The third-order valence-electron chi connectivity index (χ3n) is 1.06. The molecule has 0 radical (unpaired) electrons. The summed E-state index contributed by atoms with van der Waals surface area (Å²) in [5.74, 6) is -0.433. The lowest BCUT2D eigenvalue weighted by Crippen LogP contribution is -2.24.